The third-order valence-corrected chi connectivity index (χ3v) is 3.34. The van der Waals surface area contributed by atoms with E-state index in [9.17, 15) is 31.4 Å². The standard InChI is InChI=1S/C14H16F6O/c1-3-8-5-6-9(4-2)10(7-8)11(21)12(13(15,16)17)14(18,19)20/h5-7,11-12,21H,3-4H2,1-2H3. The van der Waals surface area contributed by atoms with Gasteiger partial charge in [-0.25, -0.2) is 0 Å². The van der Waals surface area contributed by atoms with Crippen LogP contribution in [0.1, 0.15) is 36.6 Å². The molecule has 1 aromatic carbocycles. The van der Waals surface area contributed by atoms with Gasteiger partial charge in [0.2, 0.25) is 0 Å². The normalized spacial score (nSPS) is 14.6. The van der Waals surface area contributed by atoms with E-state index in [1.165, 1.54) is 12.1 Å². The Kier molecular flexibility index (Phi) is 5.30. The van der Waals surface area contributed by atoms with Crippen molar-refractivity contribution in [1.29, 1.82) is 0 Å². The smallest absolute Gasteiger partial charge is 0.387 e. The molecule has 0 aliphatic heterocycles. The van der Waals surface area contributed by atoms with Crippen LogP contribution in [0.15, 0.2) is 18.2 Å². The molecule has 0 saturated carbocycles. The largest absolute Gasteiger partial charge is 0.403 e. The molecule has 0 amide bonds. The molecule has 0 saturated heterocycles. The Morgan fingerprint density at radius 1 is 0.952 bits per heavy atom. The van der Waals surface area contributed by atoms with Crippen molar-refractivity contribution in [2.24, 2.45) is 5.92 Å². The molecule has 21 heavy (non-hydrogen) atoms. The summed E-state index contributed by atoms with van der Waals surface area (Å²) in [6.45, 7) is 3.33. The maximum Gasteiger partial charge on any atom is 0.403 e. The molecule has 0 spiro atoms. The molecule has 0 bridgehead atoms. The summed E-state index contributed by atoms with van der Waals surface area (Å²) in [4.78, 5) is 0. The summed E-state index contributed by atoms with van der Waals surface area (Å²) in [6.07, 6.45) is -13.1. The number of halogens is 6. The molecule has 0 radical (unpaired) electrons. The molecule has 1 rings (SSSR count). The zero-order valence-electron chi connectivity index (χ0n) is 11.5. The molecule has 0 aliphatic carbocycles. The molecule has 120 valence electrons. The highest BCUT2D eigenvalue weighted by atomic mass is 19.4. The van der Waals surface area contributed by atoms with Gasteiger partial charge in [-0.15, -0.1) is 0 Å². The lowest BCUT2D eigenvalue weighted by Crippen LogP contribution is -2.41. The van der Waals surface area contributed by atoms with Crippen molar-refractivity contribution >= 4 is 0 Å². The van der Waals surface area contributed by atoms with Gasteiger partial charge in [-0.1, -0.05) is 32.0 Å². The van der Waals surface area contributed by atoms with Crippen molar-refractivity contribution in [3.05, 3.63) is 34.9 Å². The van der Waals surface area contributed by atoms with E-state index in [0.717, 1.165) is 0 Å². The number of hydrogen-bond acceptors (Lipinski definition) is 1. The first-order valence-electron chi connectivity index (χ1n) is 6.45. The summed E-state index contributed by atoms with van der Waals surface area (Å²) in [5, 5.41) is 9.74. The lowest BCUT2D eigenvalue weighted by Gasteiger charge is -2.29. The number of aliphatic hydroxyl groups is 1. The van der Waals surface area contributed by atoms with E-state index in [4.69, 9.17) is 0 Å². The van der Waals surface area contributed by atoms with Crippen molar-refractivity contribution in [3.63, 3.8) is 0 Å². The predicted octanol–water partition coefficient (Wildman–Crippen LogP) is 4.59. The minimum absolute atomic E-state index is 0.235. The number of rotatable bonds is 4. The van der Waals surface area contributed by atoms with Crippen LogP contribution >= 0.6 is 0 Å². The molecular weight excluding hydrogens is 298 g/mol. The van der Waals surface area contributed by atoms with Crippen LogP contribution in [0.5, 0.6) is 0 Å². The van der Waals surface area contributed by atoms with E-state index in [1.54, 1.807) is 19.9 Å². The summed E-state index contributed by atoms with van der Waals surface area (Å²) in [5.41, 5.74) is 0.541. The van der Waals surface area contributed by atoms with Gasteiger partial charge < -0.3 is 5.11 Å². The van der Waals surface area contributed by atoms with Gasteiger partial charge in [-0.05, 0) is 29.5 Å². The van der Waals surface area contributed by atoms with Crippen LogP contribution in [0.25, 0.3) is 0 Å². The Morgan fingerprint density at radius 3 is 1.86 bits per heavy atom. The van der Waals surface area contributed by atoms with E-state index >= 15 is 0 Å². The molecule has 1 N–H and O–H groups in total. The van der Waals surface area contributed by atoms with E-state index in [-0.39, 0.29) is 17.5 Å². The van der Waals surface area contributed by atoms with Gasteiger partial charge in [-0.2, -0.15) is 26.3 Å². The van der Waals surface area contributed by atoms with Crippen molar-refractivity contribution < 1.29 is 31.4 Å². The van der Waals surface area contributed by atoms with Crippen LogP contribution < -0.4 is 0 Å². The first kappa shape index (κ1) is 17.8. The Bertz CT molecular complexity index is 463. The second-order valence-electron chi connectivity index (χ2n) is 4.75. The molecule has 1 unspecified atom stereocenters. The summed E-state index contributed by atoms with van der Waals surface area (Å²) in [6, 6.07) is 4.31. The zero-order chi connectivity index (χ0) is 16.4. The van der Waals surface area contributed by atoms with E-state index in [2.05, 4.69) is 0 Å². The molecule has 0 aliphatic rings. The monoisotopic (exact) mass is 314 g/mol. The maximum absolute atomic E-state index is 12.7. The van der Waals surface area contributed by atoms with Crippen molar-refractivity contribution in [3.8, 4) is 0 Å². The highest BCUT2D eigenvalue weighted by Crippen LogP contribution is 2.47. The maximum atomic E-state index is 12.7. The fraction of sp³-hybridized carbons (Fsp3) is 0.571. The fourth-order valence-electron chi connectivity index (χ4n) is 2.18. The first-order valence-corrected chi connectivity index (χ1v) is 6.45. The van der Waals surface area contributed by atoms with Gasteiger partial charge in [0.25, 0.3) is 0 Å². The lowest BCUT2D eigenvalue weighted by molar-refractivity contribution is -0.307. The summed E-state index contributed by atoms with van der Waals surface area (Å²) < 4.78 is 76.1. The molecule has 7 heteroatoms. The third kappa shape index (κ3) is 4.12. The number of hydrogen-bond donors (Lipinski definition) is 1. The SMILES string of the molecule is CCc1ccc(CC)c(C(O)C(C(F)(F)F)C(F)(F)F)c1. The van der Waals surface area contributed by atoms with Crippen LogP contribution in [0.2, 0.25) is 0 Å². The average Bonchev–Trinajstić information content (AvgIpc) is 2.34. The van der Waals surface area contributed by atoms with Gasteiger partial charge >= 0.3 is 12.4 Å². The minimum atomic E-state index is -5.56. The number of aliphatic hydroxyl groups excluding tert-OH is 1. The lowest BCUT2D eigenvalue weighted by atomic mass is 9.89. The van der Waals surface area contributed by atoms with Crippen LogP contribution in [0.3, 0.4) is 0 Å². The van der Waals surface area contributed by atoms with Crippen molar-refractivity contribution in [1.82, 2.24) is 0 Å². The highest BCUT2D eigenvalue weighted by Gasteiger charge is 2.60. The molecule has 1 atom stereocenters. The van der Waals surface area contributed by atoms with Gasteiger partial charge in [0, 0.05) is 0 Å². The fourth-order valence-corrected chi connectivity index (χ4v) is 2.18. The average molecular weight is 314 g/mol. The quantitative estimate of drug-likeness (QED) is 0.806. The Labute approximate surface area is 118 Å². The van der Waals surface area contributed by atoms with Crippen LogP contribution in [0.4, 0.5) is 26.3 Å². The van der Waals surface area contributed by atoms with Gasteiger partial charge in [0.15, 0.2) is 5.92 Å². The summed E-state index contributed by atoms with van der Waals surface area (Å²) in [7, 11) is 0. The Hall–Kier alpha value is -1.24. The predicted molar refractivity (Wildman–Crippen MR) is 65.8 cm³/mol. The van der Waals surface area contributed by atoms with Crippen molar-refractivity contribution in [2.45, 2.75) is 45.1 Å². The second kappa shape index (κ2) is 6.25. The number of aryl methyl sites for hydroxylation is 2. The second-order valence-corrected chi connectivity index (χ2v) is 4.75. The Morgan fingerprint density at radius 2 is 1.48 bits per heavy atom. The van der Waals surface area contributed by atoms with E-state index in [1.807, 2.05) is 0 Å². The molecular formula is C14H16F6O. The van der Waals surface area contributed by atoms with Gasteiger partial charge in [0.05, 0.1) is 6.10 Å². The molecule has 0 heterocycles. The van der Waals surface area contributed by atoms with E-state index in [0.29, 0.717) is 12.0 Å². The molecule has 1 nitrogen and oxygen atoms in total. The molecule has 1 aromatic rings. The van der Waals surface area contributed by atoms with E-state index < -0.39 is 24.4 Å². The Balaban J connectivity index is 3.35. The topological polar surface area (TPSA) is 20.2 Å². The first-order chi connectivity index (χ1) is 9.52. The minimum Gasteiger partial charge on any atom is -0.387 e. The van der Waals surface area contributed by atoms with Crippen LogP contribution in [-0.2, 0) is 12.8 Å². The molecule has 0 fully saturated rings. The van der Waals surface area contributed by atoms with Gasteiger partial charge in [-0.3, -0.25) is 0 Å². The highest BCUT2D eigenvalue weighted by molar-refractivity contribution is 5.34. The van der Waals surface area contributed by atoms with Crippen molar-refractivity contribution in [2.75, 3.05) is 0 Å². The summed E-state index contributed by atoms with van der Waals surface area (Å²) >= 11 is 0. The van der Waals surface area contributed by atoms with Gasteiger partial charge in [0.1, 0.15) is 0 Å². The summed E-state index contributed by atoms with van der Waals surface area (Å²) in [5.74, 6) is -3.79. The zero-order valence-corrected chi connectivity index (χ0v) is 11.5. The van der Waals surface area contributed by atoms with Crippen LogP contribution in [-0.4, -0.2) is 17.5 Å². The van der Waals surface area contributed by atoms with Crippen LogP contribution in [0, 0.1) is 5.92 Å². The number of alkyl halides is 6. The third-order valence-electron chi connectivity index (χ3n) is 3.34. The molecule has 0 aromatic heterocycles. The number of benzene rings is 1.